The second-order valence-electron chi connectivity index (χ2n) is 4.85. The second kappa shape index (κ2) is 7.47. The number of esters is 1. The van der Waals surface area contributed by atoms with E-state index in [1.165, 1.54) is 7.11 Å². The number of halogens is 1. The van der Waals surface area contributed by atoms with Crippen molar-refractivity contribution < 1.29 is 14.3 Å². The fourth-order valence-electron chi connectivity index (χ4n) is 2.04. The lowest BCUT2D eigenvalue weighted by molar-refractivity contribution is -0.145. The minimum absolute atomic E-state index is 0.0973. The van der Waals surface area contributed by atoms with E-state index in [2.05, 4.69) is 27.6 Å². The van der Waals surface area contributed by atoms with E-state index in [1.807, 2.05) is 10.8 Å². The third-order valence-corrected chi connectivity index (χ3v) is 3.48. The SMILES string of the molecule is CCCn1cc(Br)cc1C(=O)N(C)CC(C)C(=O)OC. The van der Waals surface area contributed by atoms with E-state index in [1.54, 1.807) is 24.9 Å². The Morgan fingerprint density at radius 3 is 2.70 bits per heavy atom. The van der Waals surface area contributed by atoms with E-state index in [0.717, 1.165) is 17.4 Å². The van der Waals surface area contributed by atoms with E-state index in [-0.39, 0.29) is 17.8 Å². The molecule has 1 rings (SSSR count). The molecule has 20 heavy (non-hydrogen) atoms. The highest BCUT2D eigenvalue weighted by atomic mass is 79.9. The van der Waals surface area contributed by atoms with Crippen LogP contribution in [0.25, 0.3) is 0 Å². The molecule has 0 aliphatic carbocycles. The molecule has 1 atom stereocenters. The molecule has 1 amide bonds. The minimum Gasteiger partial charge on any atom is -0.469 e. The van der Waals surface area contributed by atoms with Crippen LogP contribution in [0.15, 0.2) is 16.7 Å². The molecule has 0 aliphatic heterocycles. The van der Waals surface area contributed by atoms with Crippen LogP contribution in [0.2, 0.25) is 0 Å². The van der Waals surface area contributed by atoms with Crippen LogP contribution in [-0.2, 0) is 16.1 Å². The van der Waals surface area contributed by atoms with Crippen molar-refractivity contribution in [3.63, 3.8) is 0 Å². The summed E-state index contributed by atoms with van der Waals surface area (Å²) in [4.78, 5) is 25.4. The van der Waals surface area contributed by atoms with Crippen molar-refractivity contribution in [2.45, 2.75) is 26.8 Å². The predicted octanol–water partition coefficient (Wildman–Crippen LogP) is 2.54. The van der Waals surface area contributed by atoms with Crippen LogP contribution >= 0.6 is 15.9 Å². The van der Waals surface area contributed by atoms with E-state index >= 15 is 0 Å². The van der Waals surface area contributed by atoms with Gasteiger partial charge in [-0.15, -0.1) is 0 Å². The zero-order chi connectivity index (χ0) is 15.3. The molecular formula is C14H21BrN2O3. The number of aromatic nitrogens is 1. The number of carbonyl (C=O) groups excluding carboxylic acids is 2. The molecule has 1 heterocycles. The van der Waals surface area contributed by atoms with Crippen LogP contribution in [0.1, 0.15) is 30.8 Å². The third kappa shape index (κ3) is 4.10. The lowest BCUT2D eigenvalue weighted by Gasteiger charge is -2.21. The fourth-order valence-corrected chi connectivity index (χ4v) is 2.51. The molecule has 0 fully saturated rings. The number of hydrogen-bond donors (Lipinski definition) is 0. The first-order valence-electron chi connectivity index (χ1n) is 6.59. The van der Waals surface area contributed by atoms with E-state index < -0.39 is 0 Å². The number of amides is 1. The zero-order valence-corrected chi connectivity index (χ0v) is 13.9. The fraction of sp³-hybridized carbons (Fsp3) is 0.571. The van der Waals surface area contributed by atoms with E-state index in [0.29, 0.717) is 12.2 Å². The smallest absolute Gasteiger partial charge is 0.310 e. The summed E-state index contributed by atoms with van der Waals surface area (Å²) < 4.78 is 7.48. The van der Waals surface area contributed by atoms with Gasteiger partial charge in [-0.25, -0.2) is 0 Å². The topological polar surface area (TPSA) is 51.5 Å². The molecule has 1 unspecified atom stereocenters. The van der Waals surface area contributed by atoms with Crippen LogP contribution in [0.4, 0.5) is 0 Å². The van der Waals surface area contributed by atoms with Crippen LogP contribution in [0.5, 0.6) is 0 Å². The van der Waals surface area contributed by atoms with Crippen molar-refractivity contribution in [2.24, 2.45) is 5.92 Å². The van der Waals surface area contributed by atoms with Crippen molar-refractivity contribution in [3.8, 4) is 0 Å². The summed E-state index contributed by atoms with van der Waals surface area (Å²) in [6, 6.07) is 1.80. The van der Waals surface area contributed by atoms with Gasteiger partial charge < -0.3 is 14.2 Å². The number of aryl methyl sites for hydroxylation is 1. The minimum atomic E-state index is -0.341. The molecule has 1 aromatic heterocycles. The first kappa shape index (κ1) is 16.8. The molecule has 0 bridgehead atoms. The lowest BCUT2D eigenvalue weighted by Crippen LogP contribution is -2.35. The summed E-state index contributed by atoms with van der Waals surface area (Å²) in [6.07, 6.45) is 2.85. The quantitative estimate of drug-likeness (QED) is 0.745. The summed E-state index contributed by atoms with van der Waals surface area (Å²) in [6.45, 7) is 4.93. The van der Waals surface area contributed by atoms with Crippen molar-refractivity contribution in [3.05, 3.63) is 22.4 Å². The lowest BCUT2D eigenvalue weighted by atomic mass is 10.1. The van der Waals surface area contributed by atoms with Gasteiger partial charge in [0.15, 0.2) is 0 Å². The zero-order valence-electron chi connectivity index (χ0n) is 12.4. The normalized spacial score (nSPS) is 12.1. The molecule has 0 aromatic carbocycles. The summed E-state index contributed by atoms with van der Waals surface area (Å²) >= 11 is 3.39. The van der Waals surface area contributed by atoms with Gasteiger partial charge in [-0.1, -0.05) is 13.8 Å². The van der Waals surface area contributed by atoms with Gasteiger partial charge in [0.05, 0.1) is 13.0 Å². The Labute approximate surface area is 128 Å². The molecule has 112 valence electrons. The van der Waals surface area contributed by atoms with Gasteiger partial charge in [0.1, 0.15) is 5.69 Å². The maximum atomic E-state index is 12.4. The second-order valence-corrected chi connectivity index (χ2v) is 5.76. The number of rotatable bonds is 6. The number of hydrogen-bond acceptors (Lipinski definition) is 3. The number of nitrogens with zero attached hydrogens (tertiary/aromatic N) is 2. The van der Waals surface area contributed by atoms with Crippen LogP contribution in [-0.4, -0.2) is 42.0 Å². The average molecular weight is 345 g/mol. The first-order chi connectivity index (χ1) is 9.40. The van der Waals surface area contributed by atoms with Crippen LogP contribution < -0.4 is 0 Å². The Morgan fingerprint density at radius 1 is 1.50 bits per heavy atom. The van der Waals surface area contributed by atoms with Gasteiger partial charge in [0, 0.05) is 30.8 Å². The number of carbonyl (C=O) groups is 2. The highest BCUT2D eigenvalue weighted by Crippen LogP contribution is 2.17. The summed E-state index contributed by atoms with van der Waals surface area (Å²) in [5.41, 5.74) is 0.623. The van der Waals surface area contributed by atoms with Gasteiger partial charge >= 0.3 is 5.97 Å². The summed E-state index contributed by atoms with van der Waals surface area (Å²) in [5, 5.41) is 0. The number of ether oxygens (including phenoxy) is 1. The van der Waals surface area contributed by atoms with Gasteiger partial charge in [-0.3, -0.25) is 9.59 Å². The monoisotopic (exact) mass is 344 g/mol. The highest BCUT2D eigenvalue weighted by Gasteiger charge is 2.22. The molecule has 0 spiro atoms. The van der Waals surface area contributed by atoms with Crippen LogP contribution in [0, 0.1) is 5.92 Å². The third-order valence-electron chi connectivity index (χ3n) is 3.04. The largest absolute Gasteiger partial charge is 0.469 e. The molecule has 5 nitrogen and oxygen atoms in total. The molecule has 0 radical (unpaired) electrons. The number of methoxy groups -OCH3 is 1. The van der Waals surface area contributed by atoms with Gasteiger partial charge in [0.2, 0.25) is 0 Å². The molecule has 0 N–H and O–H groups in total. The Morgan fingerprint density at radius 2 is 2.15 bits per heavy atom. The molecule has 0 saturated carbocycles. The molecule has 0 saturated heterocycles. The maximum Gasteiger partial charge on any atom is 0.310 e. The predicted molar refractivity (Wildman–Crippen MR) is 80.6 cm³/mol. The standard InChI is InChI=1S/C14H21BrN2O3/c1-5-6-17-9-11(15)7-12(17)13(18)16(3)8-10(2)14(19)20-4/h7,9-10H,5-6,8H2,1-4H3. The Bertz CT molecular complexity index is 485. The molecule has 6 heteroatoms. The Hall–Kier alpha value is -1.30. The average Bonchev–Trinajstić information content (AvgIpc) is 2.78. The van der Waals surface area contributed by atoms with Crippen molar-refractivity contribution >= 4 is 27.8 Å². The highest BCUT2D eigenvalue weighted by molar-refractivity contribution is 9.10. The maximum absolute atomic E-state index is 12.4. The van der Waals surface area contributed by atoms with Crippen molar-refractivity contribution in [1.29, 1.82) is 0 Å². The van der Waals surface area contributed by atoms with E-state index in [9.17, 15) is 9.59 Å². The van der Waals surface area contributed by atoms with Gasteiger partial charge in [0.25, 0.3) is 5.91 Å². The van der Waals surface area contributed by atoms with Crippen molar-refractivity contribution in [2.75, 3.05) is 20.7 Å². The van der Waals surface area contributed by atoms with Crippen LogP contribution in [0.3, 0.4) is 0 Å². The Balaban J connectivity index is 2.81. The molecular weight excluding hydrogens is 324 g/mol. The Kier molecular flexibility index (Phi) is 6.26. The summed E-state index contributed by atoms with van der Waals surface area (Å²) in [5.74, 6) is -0.748. The molecule has 1 aromatic rings. The van der Waals surface area contributed by atoms with E-state index in [4.69, 9.17) is 0 Å². The van der Waals surface area contributed by atoms with Gasteiger partial charge in [-0.05, 0) is 28.4 Å². The summed E-state index contributed by atoms with van der Waals surface area (Å²) in [7, 11) is 3.04. The first-order valence-corrected chi connectivity index (χ1v) is 7.39. The molecule has 0 aliphatic rings. The van der Waals surface area contributed by atoms with Crippen molar-refractivity contribution in [1.82, 2.24) is 9.47 Å². The van der Waals surface area contributed by atoms with Gasteiger partial charge in [-0.2, -0.15) is 0 Å².